The molecule has 2 aromatic heterocycles. The summed E-state index contributed by atoms with van der Waals surface area (Å²) in [6.45, 7) is 5.27. The number of benzene rings is 1. The minimum atomic E-state index is 0.588. The van der Waals surface area contributed by atoms with Crippen molar-refractivity contribution in [3.63, 3.8) is 0 Å². The molecule has 7 nitrogen and oxygen atoms in total. The molecule has 144 valence electrons. The lowest BCUT2D eigenvalue weighted by Crippen LogP contribution is -2.37. The normalized spacial score (nSPS) is 14.6. The number of anilines is 1. The molecule has 1 saturated heterocycles. The number of aromatic nitrogens is 3. The Hall–Kier alpha value is -3.08. The van der Waals surface area contributed by atoms with E-state index in [2.05, 4.69) is 26.8 Å². The van der Waals surface area contributed by atoms with Crippen molar-refractivity contribution in [2.24, 2.45) is 0 Å². The molecule has 1 aliphatic rings. The molecule has 0 unspecified atom stereocenters. The van der Waals surface area contributed by atoms with Crippen LogP contribution in [0.25, 0.3) is 5.65 Å². The molecule has 4 rings (SSSR count). The molecule has 0 spiro atoms. The van der Waals surface area contributed by atoms with Crippen LogP contribution < -0.4 is 10.5 Å². The summed E-state index contributed by atoms with van der Waals surface area (Å²) in [6, 6.07) is 9.28. The zero-order valence-electron chi connectivity index (χ0n) is 15.7. The third-order valence-electron chi connectivity index (χ3n) is 4.57. The van der Waals surface area contributed by atoms with E-state index in [1.54, 1.807) is 10.7 Å². The highest BCUT2D eigenvalue weighted by Crippen LogP contribution is 2.13. The van der Waals surface area contributed by atoms with Gasteiger partial charge in [-0.2, -0.15) is 10.1 Å². The van der Waals surface area contributed by atoms with Crippen LogP contribution in [-0.4, -0.2) is 59.0 Å². The van der Waals surface area contributed by atoms with Gasteiger partial charge in [0.2, 0.25) is 5.88 Å². The van der Waals surface area contributed by atoms with Gasteiger partial charge in [0.1, 0.15) is 0 Å². The van der Waals surface area contributed by atoms with Gasteiger partial charge in [-0.25, -0.2) is 4.52 Å². The van der Waals surface area contributed by atoms with E-state index in [9.17, 15) is 0 Å². The van der Waals surface area contributed by atoms with Crippen molar-refractivity contribution in [1.82, 2.24) is 19.5 Å². The van der Waals surface area contributed by atoms with Gasteiger partial charge >= 0.3 is 0 Å². The topological polar surface area (TPSA) is 77.9 Å². The lowest BCUT2D eigenvalue weighted by molar-refractivity contribution is 0.0357. The average Bonchev–Trinajstić information content (AvgIpc) is 3.14. The van der Waals surface area contributed by atoms with Gasteiger partial charge in [-0.05, 0) is 30.7 Å². The third-order valence-corrected chi connectivity index (χ3v) is 4.57. The first kappa shape index (κ1) is 18.3. The number of nitrogens with zero attached hydrogens (tertiary/aromatic N) is 4. The first-order valence-electron chi connectivity index (χ1n) is 9.43. The van der Waals surface area contributed by atoms with Crippen LogP contribution in [0.15, 0.2) is 42.7 Å². The standard InChI is InChI=1S/C21H23N5O2/c22-19-6-3-17(4-7-19)2-5-18-16-23-26-10-8-20(24-21(18)26)28-13-1-9-25-11-14-27-15-12-25/h3-4,6-8,10,16H,1,9,11-15,22H2. The van der Waals surface area contributed by atoms with Crippen molar-refractivity contribution in [1.29, 1.82) is 0 Å². The molecule has 3 heterocycles. The van der Waals surface area contributed by atoms with Crippen molar-refractivity contribution in [3.05, 3.63) is 53.9 Å². The molecule has 1 aliphatic heterocycles. The number of nitrogens with two attached hydrogens (primary N) is 1. The van der Waals surface area contributed by atoms with E-state index < -0.39 is 0 Å². The van der Waals surface area contributed by atoms with E-state index in [0.29, 0.717) is 18.1 Å². The minimum Gasteiger partial charge on any atom is -0.478 e. The molecule has 28 heavy (non-hydrogen) atoms. The molecule has 7 heteroatoms. The summed E-state index contributed by atoms with van der Waals surface area (Å²) >= 11 is 0. The number of rotatable bonds is 5. The van der Waals surface area contributed by atoms with Crippen LogP contribution in [0.5, 0.6) is 5.88 Å². The highest BCUT2D eigenvalue weighted by Gasteiger charge is 2.10. The number of morpholine rings is 1. The summed E-state index contributed by atoms with van der Waals surface area (Å²) in [5.74, 6) is 6.84. The SMILES string of the molecule is Nc1ccc(C#Cc2cnn3ccc(OCCCN4CCOCC4)nc23)cc1. The van der Waals surface area contributed by atoms with Crippen LogP contribution in [0.4, 0.5) is 5.69 Å². The van der Waals surface area contributed by atoms with Crippen LogP contribution in [0, 0.1) is 11.8 Å². The Balaban J connectivity index is 1.39. The van der Waals surface area contributed by atoms with Crippen molar-refractivity contribution in [3.8, 4) is 17.7 Å². The summed E-state index contributed by atoms with van der Waals surface area (Å²) in [5.41, 5.74) is 8.77. The van der Waals surface area contributed by atoms with Gasteiger partial charge in [0.25, 0.3) is 0 Å². The minimum absolute atomic E-state index is 0.588. The van der Waals surface area contributed by atoms with Gasteiger partial charge in [0.05, 0.1) is 31.6 Å². The van der Waals surface area contributed by atoms with Crippen LogP contribution in [-0.2, 0) is 4.74 Å². The predicted octanol–water partition coefficient (Wildman–Crippen LogP) is 1.81. The van der Waals surface area contributed by atoms with E-state index >= 15 is 0 Å². The highest BCUT2D eigenvalue weighted by molar-refractivity contribution is 5.58. The maximum atomic E-state index is 5.83. The number of hydrogen-bond acceptors (Lipinski definition) is 6. The van der Waals surface area contributed by atoms with Gasteiger partial charge in [0, 0.05) is 43.1 Å². The molecular weight excluding hydrogens is 354 g/mol. The first-order chi connectivity index (χ1) is 13.8. The fourth-order valence-corrected chi connectivity index (χ4v) is 3.02. The number of hydrogen-bond donors (Lipinski definition) is 1. The Bertz CT molecular complexity index is 981. The molecule has 0 radical (unpaired) electrons. The van der Waals surface area contributed by atoms with E-state index in [1.165, 1.54) is 0 Å². The van der Waals surface area contributed by atoms with Crippen molar-refractivity contribution in [2.75, 3.05) is 45.2 Å². The van der Waals surface area contributed by atoms with E-state index in [0.717, 1.165) is 56.1 Å². The van der Waals surface area contributed by atoms with Gasteiger partial charge in [-0.1, -0.05) is 11.8 Å². The summed E-state index contributed by atoms with van der Waals surface area (Å²) < 4.78 is 12.9. The quantitative estimate of drug-likeness (QED) is 0.415. The molecule has 1 fully saturated rings. The molecule has 0 aliphatic carbocycles. The summed E-state index contributed by atoms with van der Waals surface area (Å²) in [6.07, 6.45) is 4.51. The molecule has 0 bridgehead atoms. The second-order valence-electron chi connectivity index (χ2n) is 6.62. The number of ether oxygens (including phenoxy) is 2. The van der Waals surface area contributed by atoms with E-state index in [1.807, 2.05) is 36.5 Å². The monoisotopic (exact) mass is 377 g/mol. The van der Waals surface area contributed by atoms with Gasteiger partial charge in [-0.3, -0.25) is 4.90 Å². The van der Waals surface area contributed by atoms with Gasteiger partial charge in [0.15, 0.2) is 5.65 Å². The third kappa shape index (κ3) is 4.60. The molecule has 2 N–H and O–H groups in total. The fourth-order valence-electron chi connectivity index (χ4n) is 3.02. The van der Waals surface area contributed by atoms with Crippen LogP contribution in [0.3, 0.4) is 0 Å². The Morgan fingerprint density at radius 2 is 1.93 bits per heavy atom. The van der Waals surface area contributed by atoms with Crippen LogP contribution >= 0.6 is 0 Å². The Morgan fingerprint density at radius 1 is 1.11 bits per heavy atom. The van der Waals surface area contributed by atoms with Gasteiger partial charge < -0.3 is 15.2 Å². The van der Waals surface area contributed by atoms with Crippen LogP contribution in [0.2, 0.25) is 0 Å². The Kier molecular flexibility index (Phi) is 5.71. The average molecular weight is 377 g/mol. The lowest BCUT2D eigenvalue weighted by atomic mass is 10.2. The molecule has 0 amide bonds. The molecule has 3 aromatic rings. The van der Waals surface area contributed by atoms with Crippen LogP contribution in [0.1, 0.15) is 17.5 Å². The second kappa shape index (κ2) is 8.74. The first-order valence-corrected chi connectivity index (χ1v) is 9.43. The molecule has 0 atom stereocenters. The Labute approximate surface area is 164 Å². The summed E-state index contributed by atoms with van der Waals surface area (Å²) in [4.78, 5) is 6.96. The highest BCUT2D eigenvalue weighted by atomic mass is 16.5. The van der Waals surface area contributed by atoms with Crippen molar-refractivity contribution in [2.45, 2.75) is 6.42 Å². The fraction of sp³-hybridized carbons (Fsp3) is 0.333. The number of fused-ring (bicyclic) bond motifs is 1. The van der Waals surface area contributed by atoms with Crippen molar-refractivity contribution >= 4 is 11.3 Å². The molecule has 0 saturated carbocycles. The molecular formula is C21H23N5O2. The zero-order valence-corrected chi connectivity index (χ0v) is 15.7. The maximum absolute atomic E-state index is 5.83. The van der Waals surface area contributed by atoms with E-state index in [-0.39, 0.29) is 0 Å². The number of nitrogen functional groups attached to an aromatic ring is 1. The predicted molar refractivity (Wildman–Crippen MR) is 107 cm³/mol. The molecule has 1 aromatic carbocycles. The second-order valence-corrected chi connectivity index (χ2v) is 6.62. The zero-order chi connectivity index (χ0) is 19.2. The largest absolute Gasteiger partial charge is 0.478 e. The Morgan fingerprint density at radius 3 is 2.75 bits per heavy atom. The lowest BCUT2D eigenvalue weighted by Gasteiger charge is -2.26. The summed E-state index contributed by atoms with van der Waals surface area (Å²) in [5, 5.41) is 4.30. The van der Waals surface area contributed by atoms with E-state index in [4.69, 9.17) is 15.2 Å². The summed E-state index contributed by atoms with van der Waals surface area (Å²) in [7, 11) is 0. The van der Waals surface area contributed by atoms with Crippen molar-refractivity contribution < 1.29 is 9.47 Å². The smallest absolute Gasteiger partial charge is 0.216 e. The maximum Gasteiger partial charge on any atom is 0.216 e. The van der Waals surface area contributed by atoms with Gasteiger partial charge in [-0.15, -0.1) is 0 Å².